The van der Waals surface area contributed by atoms with Crippen molar-refractivity contribution < 1.29 is 9.59 Å². The highest BCUT2D eigenvalue weighted by Crippen LogP contribution is 2.29. The highest BCUT2D eigenvalue weighted by atomic mass is 16.2. The summed E-state index contributed by atoms with van der Waals surface area (Å²) in [5, 5.41) is 3.01. The Bertz CT molecular complexity index is 893. The summed E-state index contributed by atoms with van der Waals surface area (Å²) in [4.78, 5) is 32.6. The van der Waals surface area contributed by atoms with Crippen LogP contribution in [-0.4, -0.2) is 41.8 Å². The van der Waals surface area contributed by atoms with Gasteiger partial charge in [-0.2, -0.15) is 0 Å². The Balaban J connectivity index is 1.56. The van der Waals surface area contributed by atoms with Crippen molar-refractivity contribution in [3.05, 3.63) is 52.8 Å². The molecule has 1 aromatic carbocycles. The average molecular weight is 350 g/mol. The van der Waals surface area contributed by atoms with Crippen LogP contribution in [-0.2, 0) is 24.2 Å². The lowest BCUT2D eigenvalue weighted by Gasteiger charge is -2.28. The number of benzene rings is 1. The number of fused-ring (bicyclic) bond motifs is 2. The lowest BCUT2D eigenvalue weighted by atomic mass is 9.96. The maximum absolute atomic E-state index is 12.8. The van der Waals surface area contributed by atoms with Gasteiger partial charge in [0.25, 0.3) is 5.91 Å². The number of hydrogen-bond acceptors (Lipinski definition) is 4. The topological polar surface area (TPSA) is 65.5 Å². The molecule has 26 heavy (non-hydrogen) atoms. The molecule has 0 saturated heterocycles. The number of amides is 2. The third-order valence-electron chi connectivity index (χ3n) is 5.29. The van der Waals surface area contributed by atoms with Crippen LogP contribution in [0.1, 0.15) is 34.0 Å². The lowest BCUT2D eigenvalue weighted by molar-refractivity contribution is -0.129. The van der Waals surface area contributed by atoms with E-state index in [4.69, 9.17) is 0 Å². The van der Waals surface area contributed by atoms with Gasteiger partial charge in [0, 0.05) is 57.4 Å². The van der Waals surface area contributed by atoms with E-state index >= 15 is 0 Å². The van der Waals surface area contributed by atoms with Crippen molar-refractivity contribution in [3.63, 3.8) is 0 Å². The molecule has 0 atom stereocenters. The van der Waals surface area contributed by atoms with Gasteiger partial charge in [-0.25, -0.2) is 0 Å². The van der Waals surface area contributed by atoms with Gasteiger partial charge in [0.2, 0.25) is 5.91 Å². The van der Waals surface area contributed by atoms with Crippen LogP contribution in [0.2, 0.25) is 0 Å². The first-order valence-electron chi connectivity index (χ1n) is 8.89. The number of nitrogens with one attached hydrogen (secondary N) is 1. The van der Waals surface area contributed by atoms with E-state index in [1.807, 2.05) is 6.07 Å². The Hall–Kier alpha value is -2.89. The molecule has 1 aromatic heterocycles. The van der Waals surface area contributed by atoms with Gasteiger partial charge in [-0.1, -0.05) is 0 Å². The summed E-state index contributed by atoms with van der Waals surface area (Å²) in [6, 6.07) is 6.05. The molecule has 0 aliphatic carbocycles. The summed E-state index contributed by atoms with van der Waals surface area (Å²) in [6.07, 6.45) is 5.05. The van der Waals surface area contributed by atoms with Gasteiger partial charge in [-0.15, -0.1) is 0 Å². The number of likely N-dealkylation sites (N-methyl/N-ethyl adjacent to an activating group) is 1. The van der Waals surface area contributed by atoms with Gasteiger partial charge >= 0.3 is 0 Å². The Morgan fingerprint density at radius 1 is 1.12 bits per heavy atom. The van der Waals surface area contributed by atoms with Crippen LogP contribution in [0.15, 0.2) is 30.6 Å². The third kappa shape index (κ3) is 2.92. The second-order valence-corrected chi connectivity index (χ2v) is 6.98. The van der Waals surface area contributed by atoms with E-state index in [0.717, 1.165) is 29.8 Å². The molecule has 0 fully saturated rings. The Morgan fingerprint density at radius 3 is 2.77 bits per heavy atom. The predicted octanol–water partition coefficient (Wildman–Crippen LogP) is 2.23. The van der Waals surface area contributed by atoms with Crippen molar-refractivity contribution in [1.29, 1.82) is 0 Å². The fraction of sp³-hybridized carbons (Fsp3) is 0.350. The molecule has 3 heterocycles. The molecule has 134 valence electrons. The van der Waals surface area contributed by atoms with Crippen molar-refractivity contribution in [2.45, 2.75) is 26.3 Å². The van der Waals surface area contributed by atoms with Crippen LogP contribution in [0.4, 0.5) is 11.4 Å². The fourth-order valence-corrected chi connectivity index (χ4v) is 3.80. The number of pyridine rings is 1. The van der Waals surface area contributed by atoms with Crippen LogP contribution in [0, 0.1) is 0 Å². The first-order valence-corrected chi connectivity index (χ1v) is 8.89. The zero-order valence-corrected chi connectivity index (χ0v) is 15.1. The number of rotatable bonds is 2. The van der Waals surface area contributed by atoms with Crippen molar-refractivity contribution in [2.75, 3.05) is 30.4 Å². The summed E-state index contributed by atoms with van der Waals surface area (Å²) in [5.74, 6) is -0.0921. The largest absolute Gasteiger partial charge is 0.374 e. The molecule has 2 amide bonds. The van der Waals surface area contributed by atoms with Crippen molar-refractivity contribution >= 4 is 23.2 Å². The molecular weight excluding hydrogens is 328 g/mol. The van der Waals surface area contributed by atoms with E-state index in [0.29, 0.717) is 25.1 Å². The summed E-state index contributed by atoms with van der Waals surface area (Å²) in [7, 11) is 2.08. The first kappa shape index (κ1) is 16.6. The van der Waals surface area contributed by atoms with E-state index in [2.05, 4.69) is 34.4 Å². The molecule has 6 heteroatoms. The van der Waals surface area contributed by atoms with Crippen molar-refractivity contribution in [2.24, 2.45) is 0 Å². The van der Waals surface area contributed by atoms with E-state index in [9.17, 15) is 9.59 Å². The maximum Gasteiger partial charge on any atom is 0.257 e. The molecule has 0 bridgehead atoms. The number of carbonyl (C=O) groups excluding carboxylic acids is 2. The number of aromatic nitrogens is 1. The highest BCUT2D eigenvalue weighted by Gasteiger charge is 2.24. The fourth-order valence-electron chi connectivity index (χ4n) is 3.80. The molecule has 6 nitrogen and oxygen atoms in total. The summed E-state index contributed by atoms with van der Waals surface area (Å²) in [5.41, 5.74) is 5.85. The zero-order chi connectivity index (χ0) is 18.3. The number of carbonyl (C=O) groups is 2. The molecule has 2 aliphatic rings. The summed E-state index contributed by atoms with van der Waals surface area (Å²) < 4.78 is 0. The Morgan fingerprint density at radius 2 is 1.96 bits per heavy atom. The summed E-state index contributed by atoms with van der Waals surface area (Å²) >= 11 is 0. The maximum atomic E-state index is 12.8. The first-order chi connectivity index (χ1) is 12.5. The van der Waals surface area contributed by atoms with Gasteiger partial charge in [0.15, 0.2) is 0 Å². The van der Waals surface area contributed by atoms with Crippen LogP contribution in [0.5, 0.6) is 0 Å². The molecule has 1 N–H and O–H groups in total. The average Bonchev–Trinajstić information content (AvgIpc) is 3.01. The number of anilines is 2. The van der Waals surface area contributed by atoms with Crippen LogP contribution < -0.4 is 10.2 Å². The Kier molecular flexibility index (Phi) is 4.11. The smallest absolute Gasteiger partial charge is 0.257 e. The molecule has 0 spiro atoms. The van der Waals surface area contributed by atoms with E-state index in [-0.39, 0.29) is 11.8 Å². The number of nitrogens with zero attached hydrogens (tertiary/aromatic N) is 3. The predicted molar refractivity (Wildman–Crippen MR) is 100 cm³/mol. The minimum Gasteiger partial charge on any atom is -0.374 e. The van der Waals surface area contributed by atoms with E-state index < -0.39 is 0 Å². The Labute approximate surface area is 152 Å². The van der Waals surface area contributed by atoms with Crippen LogP contribution in [0.3, 0.4) is 0 Å². The molecule has 2 aromatic rings. The van der Waals surface area contributed by atoms with Crippen molar-refractivity contribution in [3.8, 4) is 0 Å². The highest BCUT2D eigenvalue weighted by molar-refractivity contribution is 6.05. The van der Waals surface area contributed by atoms with Gasteiger partial charge < -0.3 is 15.1 Å². The zero-order valence-electron chi connectivity index (χ0n) is 15.1. The third-order valence-corrected chi connectivity index (χ3v) is 5.29. The van der Waals surface area contributed by atoms with Gasteiger partial charge in [0.1, 0.15) is 0 Å². The minimum atomic E-state index is -0.142. The van der Waals surface area contributed by atoms with Gasteiger partial charge in [-0.3, -0.25) is 14.6 Å². The molecule has 0 saturated carbocycles. The van der Waals surface area contributed by atoms with Crippen LogP contribution in [0.25, 0.3) is 0 Å². The SMILES string of the molecule is CC(=O)N1CCc2c(cncc2C(=O)Nc2ccc3c(c2)CCN3C)C1. The van der Waals surface area contributed by atoms with Crippen LogP contribution >= 0.6 is 0 Å². The second-order valence-electron chi connectivity index (χ2n) is 6.98. The van der Waals surface area contributed by atoms with Gasteiger partial charge in [-0.05, 0) is 47.7 Å². The molecule has 2 aliphatic heterocycles. The normalized spacial score (nSPS) is 15.5. The summed E-state index contributed by atoms with van der Waals surface area (Å²) in [6.45, 7) is 3.73. The molecule has 0 unspecified atom stereocenters. The van der Waals surface area contributed by atoms with E-state index in [1.54, 1.807) is 24.2 Å². The van der Waals surface area contributed by atoms with E-state index in [1.165, 1.54) is 11.3 Å². The van der Waals surface area contributed by atoms with Gasteiger partial charge in [0.05, 0.1) is 5.56 Å². The number of hydrogen-bond donors (Lipinski definition) is 1. The molecular formula is C20H22N4O2. The van der Waals surface area contributed by atoms with Crippen molar-refractivity contribution in [1.82, 2.24) is 9.88 Å². The standard InChI is InChI=1S/C20H22N4O2/c1-13(25)24-8-6-17-15(12-24)10-21-11-18(17)20(26)22-16-3-4-19-14(9-16)5-7-23(19)2/h3-4,9-11H,5-8,12H2,1-2H3,(H,22,26). The molecule has 4 rings (SSSR count). The minimum absolute atomic E-state index is 0.0496. The second kappa shape index (κ2) is 6.44. The molecule has 0 radical (unpaired) electrons. The monoisotopic (exact) mass is 350 g/mol. The quantitative estimate of drug-likeness (QED) is 0.902. The lowest BCUT2D eigenvalue weighted by Crippen LogP contribution is -2.35.